The number of nitrogens with zero attached hydrogens (tertiary/aromatic N) is 1. The van der Waals surface area contributed by atoms with Crippen LogP contribution in [0.15, 0.2) is 18.2 Å². The predicted molar refractivity (Wildman–Crippen MR) is 66.5 cm³/mol. The van der Waals surface area contributed by atoms with Crippen LogP contribution in [-0.4, -0.2) is 30.6 Å². The Hall–Kier alpha value is -0.930. The third-order valence-electron chi connectivity index (χ3n) is 4.02. The molecule has 17 heavy (non-hydrogen) atoms. The van der Waals surface area contributed by atoms with E-state index >= 15 is 0 Å². The molecule has 0 aromatic heterocycles. The summed E-state index contributed by atoms with van der Waals surface area (Å²) in [5.41, 5.74) is 2.17. The molecule has 3 rings (SSSR count). The van der Waals surface area contributed by atoms with Gasteiger partial charge in [0.25, 0.3) is 0 Å². The fourth-order valence-electron chi connectivity index (χ4n) is 3.21. The van der Waals surface area contributed by atoms with Crippen molar-refractivity contribution in [1.29, 1.82) is 0 Å². The van der Waals surface area contributed by atoms with E-state index in [1.54, 1.807) is 6.07 Å². The van der Waals surface area contributed by atoms with Crippen LogP contribution in [0.5, 0.6) is 0 Å². The molecule has 1 heterocycles. The van der Waals surface area contributed by atoms with Gasteiger partial charge >= 0.3 is 0 Å². The molecule has 1 fully saturated rings. The fourth-order valence-corrected chi connectivity index (χ4v) is 3.21. The Morgan fingerprint density at radius 1 is 1.41 bits per heavy atom. The zero-order chi connectivity index (χ0) is 11.8. The second-order valence-electron chi connectivity index (χ2n) is 5.21. The molecule has 0 bridgehead atoms. The van der Waals surface area contributed by atoms with Gasteiger partial charge in [-0.15, -0.1) is 0 Å². The minimum Gasteiger partial charge on any atom is -0.312 e. The number of fused-ring (bicyclic) bond motifs is 1. The van der Waals surface area contributed by atoms with Crippen molar-refractivity contribution in [2.45, 2.75) is 31.8 Å². The molecule has 2 atom stereocenters. The third-order valence-corrected chi connectivity index (χ3v) is 4.02. The van der Waals surface area contributed by atoms with Gasteiger partial charge in [-0.1, -0.05) is 12.1 Å². The summed E-state index contributed by atoms with van der Waals surface area (Å²) in [6.07, 6.45) is 1.97. The van der Waals surface area contributed by atoms with Gasteiger partial charge in [-0.05, 0) is 37.0 Å². The van der Waals surface area contributed by atoms with E-state index < -0.39 is 0 Å². The first kappa shape index (κ1) is 11.2. The van der Waals surface area contributed by atoms with Crippen molar-refractivity contribution in [2.24, 2.45) is 0 Å². The maximum atomic E-state index is 13.7. The Morgan fingerprint density at radius 3 is 3.12 bits per heavy atom. The molecule has 0 radical (unpaired) electrons. The quantitative estimate of drug-likeness (QED) is 0.800. The average Bonchev–Trinajstić information content (AvgIpc) is 2.74. The lowest BCUT2D eigenvalue weighted by Crippen LogP contribution is -2.49. The van der Waals surface area contributed by atoms with E-state index in [0.717, 1.165) is 38.0 Å². The maximum Gasteiger partial charge on any atom is 0.126 e. The van der Waals surface area contributed by atoms with Crippen LogP contribution in [0.25, 0.3) is 0 Å². The van der Waals surface area contributed by atoms with Gasteiger partial charge in [-0.3, -0.25) is 4.90 Å². The highest BCUT2D eigenvalue weighted by Gasteiger charge is 2.31. The molecule has 1 aromatic carbocycles. The molecule has 0 spiro atoms. The Morgan fingerprint density at radius 2 is 2.29 bits per heavy atom. The minimum absolute atomic E-state index is 0.0202. The Kier molecular flexibility index (Phi) is 2.89. The lowest BCUT2D eigenvalue weighted by atomic mass is 10.0. The molecule has 3 heteroatoms. The normalized spacial score (nSPS) is 29.3. The van der Waals surface area contributed by atoms with Crippen molar-refractivity contribution in [3.63, 3.8) is 0 Å². The highest BCUT2D eigenvalue weighted by Crippen LogP contribution is 2.37. The second kappa shape index (κ2) is 4.39. The van der Waals surface area contributed by atoms with Crippen molar-refractivity contribution in [1.82, 2.24) is 10.2 Å². The zero-order valence-electron chi connectivity index (χ0n) is 10.2. The minimum atomic E-state index is -0.0202. The maximum absolute atomic E-state index is 13.7. The molecule has 1 aliphatic carbocycles. The number of rotatable bonds is 1. The summed E-state index contributed by atoms with van der Waals surface area (Å²) in [4.78, 5) is 2.51. The van der Waals surface area contributed by atoms with Crippen molar-refractivity contribution < 1.29 is 4.39 Å². The van der Waals surface area contributed by atoms with Crippen LogP contribution in [0, 0.1) is 5.82 Å². The number of hydrogen-bond donors (Lipinski definition) is 1. The molecular formula is C14H19FN2. The van der Waals surface area contributed by atoms with E-state index in [9.17, 15) is 4.39 Å². The lowest BCUT2D eigenvalue weighted by molar-refractivity contribution is 0.148. The molecule has 1 aliphatic heterocycles. The zero-order valence-corrected chi connectivity index (χ0v) is 10.2. The first-order valence-electron chi connectivity index (χ1n) is 6.50. The molecule has 1 aromatic rings. The Bertz CT molecular complexity index is 419. The van der Waals surface area contributed by atoms with E-state index in [1.807, 2.05) is 6.07 Å². The highest BCUT2D eigenvalue weighted by atomic mass is 19.1. The third kappa shape index (κ3) is 1.98. The van der Waals surface area contributed by atoms with E-state index in [4.69, 9.17) is 0 Å². The van der Waals surface area contributed by atoms with E-state index in [2.05, 4.69) is 23.2 Å². The van der Waals surface area contributed by atoms with Gasteiger partial charge < -0.3 is 5.32 Å². The van der Waals surface area contributed by atoms with Gasteiger partial charge in [0.15, 0.2) is 0 Å². The van der Waals surface area contributed by atoms with E-state index in [1.165, 1.54) is 5.56 Å². The average molecular weight is 234 g/mol. The fraction of sp³-hybridized carbons (Fsp3) is 0.571. The standard InChI is InChI=1S/C14H19FN2/c1-10-9-17(8-7-16-10)14-6-5-11-12(14)3-2-4-13(11)15/h2-4,10,14,16H,5-9H2,1H3. The van der Waals surface area contributed by atoms with E-state index in [-0.39, 0.29) is 5.82 Å². The largest absolute Gasteiger partial charge is 0.312 e. The monoisotopic (exact) mass is 234 g/mol. The van der Waals surface area contributed by atoms with Gasteiger partial charge in [0.05, 0.1) is 0 Å². The Labute approximate surface area is 102 Å². The molecule has 1 saturated heterocycles. The molecule has 92 valence electrons. The molecular weight excluding hydrogens is 215 g/mol. The van der Waals surface area contributed by atoms with Crippen molar-refractivity contribution >= 4 is 0 Å². The highest BCUT2D eigenvalue weighted by molar-refractivity contribution is 5.35. The summed E-state index contributed by atoms with van der Waals surface area (Å²) in [5, 5.41) is 3.46. The van der Waals surface area contributed by atoms with Crippen LogP contribution >= 0.6 is 0 Å². The summed E-state index contributed by atoms with van der Waals surface area (Å²) in [5.74, 6) is -0.0202. The first-order valence-corrected chi connectivity index (χ1v) is 6.50. The summed E-state index contributed by atoms with van der Waals surface area (Å²) in [6, 6.07) is 6.51. The number of piperazine rings is 1. The van der Waals surface area contributed by atoms with Crippen LogP contribution in [-0.2, 0) is 6.42 Å². The number of hydrogen-bond acceptors (Lipinski definition) is 2. The molecule has 0 saturated carbocycles. The summed E-state index contributed by atoms with van der Waals surface area (Å²) in [7, 11) is 0. The van der Waals surface area contributed by atoms with E-state index in [0.29, 0.717) is 12.1 Å². The molecule has 2 nitrogen and oxygen atoms in total. The van der Waals surface area contributed by atoms with Crippen LogP contribution in [0.1, 0.15) is 30.5 Å². The number of halogens is 1. The summed E-state index contributed by atoms with van der Waals surface area (Å²) in [6.45, 7) is 5.40. The van der Waals surface area contributed by atoms with Gasteiger partial charge in [-0.25, -0.2) is 4.39 Å². The summed E-state index contributed by atoms with van der Waals surface area (Å²) >= 11 is 0. The van der Waals surface area contributed by atoms with Crippen LogP contribution in [0.3, 0.4) is 0 Å². The smallest absolute Gasteiger partial charge is 0.126 e. The second-order valence-corrected chi connectivity index (χ2v) is 5.21. The number of nitrogens with one attached hydrogen (secondary N) is 1. The molecule has 2 aliphatic rings. The van der Waals surface area contributed by atoms with Crippen LogP contribution < -0.4 is 5.32 Å². The van der Waals surface area contributed by atoms with Crippen LogP contribution in [0.2, 0.25) is 0 Å². The molecule has 2 unspecified atom stereocenters. The van der Waals surface area contributed by atoms with Gasteiger partial charge in [-0.2, -0.15) is 0 Å². The number of benzene rings is 1. The van der Waals surface area contributed by atoms with Gasteiger partial charge in [0.1, 0.15) is 5.82 Å². The van der Waals surface area contributed by atoms with Crippen molar-refractivity contribution in [3.8, 4) is 0 Å². The van der Waals surface area contributed by atoms with Crippen molar-refractivity contribution in [3.05, 3.63) is 35.1 Å². The molecule has 0 amide bonds. The first-order chi connectivity index (χ1) is 8.25. The lowest BCUT2D eigenvalue weighted by Gasteiger charge is -2.36. The van der Waals surface area contributed by atoms with Crippen molar-refractivity contribution in [2.75, 3.05) is 19.6 Å². The predicted octanol–water partition coefficient (Wildman–Crippen LogP) is 2.11. The molecule has 1 N–H and O–H groups in total. The summed E-state index contributed by atoms with van der Waals surface area (Å²) < 4.78 is 13.7. The Balaban J connectivity index is 1.85. The van der Waals surface area contributed by atoms with Gasteiger partial charge in [0.2, 0.25) is 0 Å². The van der Waals surface area contributed by atoms with Gasteiger partial charge in [0, 0.05) is 31.7 Å². The SMILES string of the molecule is CC1CN(C2CCc3c(F)cccc32)CCN1. The van der Waals surface area contributed by atoms with Crippen LogP contribution in [0.4, 0.5) is 4.39 Å². The topological polar surface area (TPSA) is 15.3 Å².